The highest BCUT2D eigenvalue weighted by Crippen LogP contribution is 2.25. The summed E-state index contributed by atoms with van der Waals surface area (Å²) in [6.07, 6.45) is -0.346. The average molecular weight is 346 g/mol. The van der Waals surface area contributed by atoms with E-state index in [1.165, 1.54) is 14.0 Å². The number of hydrogen-bond donors (Lipinski definition) is 2. The minimum Gasteiger partial charge on any atom is -0.481 e. The van der Waals surface area contributed by atoms with Gasteiger partial charge in [-0.3, -0.25) is 24.4 Å². The van der Waals surface area contributed by atoms with Gasteiger partial charge in [0.15, 0.2) is 0 Å². The van der Waals surface area contributed by atoms with Crippen molar-refractivity contribution in [2.75, 3.05) is 0 Å². The van der Waals surface area contributed by atoms with Gasteiger partial charge in [0.2, 0.25) is 5.69 Å². The summed E-state index contributed by atoms with van der Waals surface area (Å²) in [6, 6.07) is 6.23. The Morgan fingerprint density at radius 1 is 1.36 bits per heavy atom. The maximum atomic E-state index is 12.6. The summed E-state index contributed by atoms with van der Waals surface area (Å²) in [4.78, 5) is 34.3. The molecule has 1 heterocycles. The van der Waals surface area contributed by atoms with Crippen LogP contribution in [0.3, 0.4) is 0 Å². The van der Waals surface area contributed by atoms with Crippen molar-refractivity contribution in [3.05, 3.63) is 56.9 Å². The number of aliphatic carboxylic acids is 1. The number of hydrogen-bond acceptors (Lipinski definition) is 5. The number of carbonyl (C=O) groups is 2. The van der Waals surface area contributed by atoms with Crippen LogP contribution in [0.4, 0.5) is 5.69 Å². The highest BCUT2D eigenvalue weighted by atomic mass is 16.6. The fourth-order valence-electron chi connectivity index (χ4n) is 2.74. The highest BCUT2D eigenvalue weighted by molar-refractivity contribution is 5.97. The number of nitrogens with zero attached hydrogens (tertiary/aromatic N) is 3. The third-order valence-electron chi connectivity index (χ3n) is 3.84. The van der Waals surface area contributed by atoms with Crippen LogP contribution in [-0.2, 0) is 11.8 Å². The van der Waals surface area contributed by atoms with Crippen molar-refractivity contribution in [3.63, 3.8) is 0 Å². The molecule has 0 fully saturated rings. The summed E-state index contributed by atoms with van der Waals surface area (Å²) in [5.41, 5.74) is 0.957. The minimum absolute atomic E-state index is 0.114. The lowest BCUT2D eigenvalue weighted by Gasteiger charge is -2.19. The van der Waals surface area contributed by atoms with Crippen molar-refractivity contribution in [1.82, 2.24) is 15.1 Å². The second-order valence-corrected chi connectivity index (χ2v) is 5.64. The Balaban J connectivity index is 2.40. The number of carbonyl (C=O) groups excluding carboxylic acids is 1. The number of amides is 1. The van der Waals surface area contributed by atoms with Crippen molar-refractivity contribution in [1.29, 1.82) is 0 Å². The highest BCUT2D eigenvalue weighted by Gasteiger charge is 2.31. The van der Waals surface area contributed by atoms with Gasteiger partial charge in [0.25, 0.3) is 5.91 Å². The SMILES string of the molecule is Cc1ccccc1C(CC(=O)O)NC(=O)c1c([N+](=O)[O-])c(C)nn1C. The van der Waals surface area contributed by atoms with E-state index in [2.05, 4.69) is 10.4 Å². The Hall–Kier alpha value is -3.23. The van der Waals surface area contributed by atoms with Crippen molar-refractivity contribution in [2.45, 2.75) is 26.3 Å². The monoisotopic (exact) mass is 346 g/mol. The smallest absolute Gasteiger partial charge is 0.322 e. The Labute approximate surface area is 143 Å². The van der Waals surface area contributed by atoms with Gasteiger partial charge in [0.1, 0.15) is 5.69 Å². The van der Waals surface area contributed by atoms with Gasteiger partial charge in [-0.25, -0.2) is 0 Å². The number of carboxylic acids is 1. The first-order valence-corrected chi connectivity index (χ1v) is 7.48. The fraction of sp³-hybridized carbons (Fsp3) is 0.312. The van der Waals surface area contributed by atoms with E-state index in [0.29, 0.717) is 5.56 Å². The normalized spacial score (nSPS) is 11.8. The van der Waals surface area contributed by atoms with Gasteiger partial charge in [0, 0.05) is 7.05 Å². The van der Waals surface area contributed by atoms with Gasteiger partial charge < -0.3 is 10.4 Å². The first-order valence-electron chi connectivity index (χ1n) is 7.48. The lowest BCUT2D eigenvalue weighted by atomic mass is 9.98. The summed E-state index contributed by atoms with van der Waals surface area (Å²) in [7, 11) is 1.43. The molecule has 2 aromatic rings. The zero-order valence-corrected chi connectivity index (χ0v) is 14.0. The minimum atomic E-state index is -1.09. The maximum Gasteiger partial charge on any atom is 0.322 e. The van der Waals surface area contributed by atoms with Crippen LogP contribution in [0.25, 0.3) is 0 Å². The number of aromatic nitrogens is 2. The van der Waals surface area contributed by atoms with Gasteiger partial charge >= 0.3 is 11.7 Å². The van der Waals surface area contributed by atoms with E-state index in [9.17, 15) is 19.7 Å². The number of nitro groups is 1. The standard InChI is InChI=1S/C16H18N4O5/c1-9-6-4-5-7-11(9)12(8-13(21)22)17-16(23)15-14(20(24)25)10(2)18-19(15)3/h4-7,12H,8H2,1-3H3,(H,17,23)(H,21,22). The van der Waals surface area contributed by atoms with Gasteiger partial charge in [-0.15, -0.1) is 0 Å². The molecule has 0 aliphatic rings. The van der Waals surface area contributed by atoms with Crippen molar-refractivity contribution in [3.8, 4) is 0 Å². The quantitative estimate of drug-likeness (QED) is 0.607. The van der Waals surface area contributed by atoms with E-state index < -0.39 is 22.8 Å². The summed E-state index contributed by atoms with van der Waals surface area (Å²) in [5.74, 6) is -1.84. The van der Waals surface area contributed by atoms with Crippen LogP contribution in [-0.4, -0.2) is 31.7 Å². The molecule has 1 aromatic heterocycles. The third-order valence-corrected chi connectivity index (χ3v) is 3.84. The van der Waals surface area contributed by atoms with Crippen LogP contribution in [0.2, 0.25) is 0 Å². The predicted octanol–water partition coefficient (Wildman–Crippen LogP) is 1.89. The molecule has 25 heavy (non-hydrogen) atoms. The molecule has 1 atom stereocenters. The van der Waals surface area contributed by atoms with Gasteiger partial charge in [-0.2, -0.15) is 5.10 Å². The van der Waals surface area contributed by atoms with Crippen molar-refractivity contribution >= 4 is 17.6 Å². The molecule has 9 heteroatoms. The summed E-state index contributed by atoms with van der Waals surface area (Å²) >= 11 is 0. The van der Waals surface area contributed by atoms with Crippen molar-refractivity contribution in [2.24, 2.45) is 7.05 Å². The molecule has 0 aliphatic heterocycles. The second-order valence-electron chi connectivity index (χ2n) is 5.64. The van der Waals surface area contributed by atoms with E-state index in [4.69, 9.17) is 5.11 Å². The lowest BCUT2D eigenvalue weighted by molar-refractivity contribution is -0.385. The van der Waals surface area contributed by atoms with E-state index in [0.717, 1.165) is 10.2 Å². The molecule has 1 unspecified atom stereocenters. The largest absolute Gasteiger partial charge is 0.481 e. The third kappa shape index (κ3) is 3.82. The van der Waals surface area contributed by atoms with E-state index in [1.54, 1.807) is 31.2 Å². The molecule has 0 spiro atoms. The fourth-order valence-corrected chi connectivity index (χ4v) is 2.74. The van der Waals surface area contributed by atoms with Crippen LogP contribution in [0.5, 0.6) is 0 Å². The molecule has 0 radical (unpaired) electrons. The van der Waals surface area contributed by atoms with E-state index in [-0.39, 0.29) is 23.5 Å². The van der Waals surface area contributed by atoms with Gasteiger partial charge in [-0.05, 0) is 25.0 Å². The molecular formula is C16H18N4O5. The molecule has 2 rings (SSSR count). The molecule has 1 aromatic carbocycles. The molecule has 9 nitrogen and oxygen atoms in total. The van der Waals surface area contributed by atoms with Crippen LogP contribution in [0.15, 0.2) is 24.3 Å². The number of rotatable bonds is 6. The van der Waals surface area contributed by atoms with Crippen molar-refractivity contribution < 1.29 is 19.6 Å². The number of carboxylic acid groups (broad SMARTS) is 1. The number of benzene rings is 1. The molecule has 0 saturated carbocycles. The molecule has 1 amide bonds. The second kappa shape index (κ2) is 7.12. The van der Waals surface area contributed by atoms with E-state index in [1.807, 2.05) is 0 Å². The van der Waals surface area contributed by atoms with Gasteiger partial charge in [0.05, 0.1) is 17.4 Å². The molecular weight excluding hydrogens is 328 g/mol. The summed E-state index contributed by atoms with van der Waals surface area (Å²) in [6.45, 7) is 3.23. The zero-order chi connectivity index (χ0) is 18.7. The maximum absolute atomic E-state index is 12.6. The topological polar surface area (TPSA) is 127 Å². The van der Waals surface area contributed by atoms with Gasteiger partial charge in [-0.1, -0.05) is 24.3 Å². The van der Waals surface area contributed by atoms with Crippen LogP contribution in [0, 0.1) is 24.0 Å². The zero-order valence-electron chi connectivity index (χ0n) is 14.0. The predicted molar refractivity (Wildman–Crippen MR) is 88.2 cm³/mol. The number of nitrogens with one attached hydrogen (secondary N) is 1. The van der Waals surface area contributed by atoms with Crippen LogP contribution < -0.4 is 5.32 Å². The Kier molecular flexibility index (Phi) is 5.16. The summed E-state index contributed by atoms with van der Waals surface area (Å²) < 4.78 is 1.12. The molecule has 0 bridgehead atoms. The van der Waals surface area contributed by atoms with Crippen LogP contribution in [0.1, 0.15) is 39.8 Å². The average Bonchev–Trinajstić information content (AvgIpc) is 2.81. The first-order chi connectivity index (χ1) is 11.7. The Bertz CT molecular complexity index is 843. The molecule has 2 N–H and O–H groups in total. The van der Waals surface area contributed by atoms with Crippen LogP contribution >= 0.6 is 0 Å². The van der Waals surface area contributed by atoms with E-state index >= 15 is 0 Å². The molecule has 132 valence electrons. The molecule has 0 saturated heterocycles. The first kappa shape index (κ1) is 18.1. The Morgan fingerprint density at radius 2 is 2.00 bits per heavy atom. The number of aryl methyl sites for hydroxylation is 3. The molecule has 0 aliphatic carbocycles. The summed E-state index contributed by atoms with van der Waals surface area (Å²) in [5, 5.41) is 26.9. The lowest BCUT2D eigenvalue weighted by Crippen LogP contribution is -2.32. The Morgan fingerprint density at radius 3 is 2.56 bits per heavy atom.